The highest BCUT2D eigenvalue weighted by Crippen LogP contribution is 2.35. The first-order valence-corrected chi connectivity index (χ1v) is 5.89. The fourth-order valence-corrected chi connectivity index (χ4v) is 1.57. The van der Waals surface area contributed by atoms with Crippen LogP contribution in [0.4, 0.5) is 19.0 Å². The fraction of sp³-hybridized carbons (Fsp3) is 0.231. The Labute approximate surface area is 118 Å². The van der Waals surface area contributed by atoms with Crippen LogP contribution in [0.5, 0.6) is 17.4 Å². The maximum absolute atomic E-state index is 12.3. The van der Waals surface area contributed by atoms with Crippen LogP contribution >= 0.6 is 0 Å². The Balaban J connectivity index is 2.36. The first kappa shape index (κ1) is 14.9. The number of hydrogen-bond acceptors (Lipinski definition) is 5. The zero-order valence-corrected chi connectivity index (χ0v) is 11.2. The summed E-state index contributed by atoms with van der Waals surface area (Å²) in [6.45, 7) is 3.21. The third kappa shape index (κ3) is 3.74. The van der Waals surface area contributed by atoms with Crippen LogP contribution in [0.2, 0.25) is 0 Å². The zero-order chi connectivity index (χ0) is 15.6. The van der Waals surface area contributed by atoms with Gasteiger partial charge < -0.3 is 15.2 Å². The normalized spacial score (nSPS) is 11.3. The summed E-state index contributed by atoms with van der Waals surface area (Å²) in [5.41, 5.74) is 6.11. The van der Waals surface area contributed by atoms with Gasteiger partial charge in [0.15, 0.2) is 11.5 Å². The average molecular weight is 299 g/mol. The summed E-state index contributed by atoms with van der Waals surface area (Å²) in [6, 6.07) is 5.41. The number of nitrogen functional groups attached to an aromatic ring is 1. The van der Waals surface area contributed by atoms with Crippen molar-refractivity contribution in [1.82, 2.24) is 9.97 Å². The van der Waals surface area contributed by atoms with E-state index in [2.05, 4.69) is 14.7 Å². The number of benzene rings is 1. The van der Waals surface area contributed by atoms with Crippen LogP contribution in [0.1, 0.15) is 11.4 Å². The number of nitrogens with two attached hydrogens (primary N) is 1. The van der Waals surface area contributed by atoms with Crippen molar-refractivity contribution in [2.75, 3.05) is 5.73 Å². The zero-order valence-electron chi connectivity index (χ0n) is 11.2. The SMILES string of the molecule is Cc1nc(N)c(C)c(Oc2ccccc2OC(F)(F)F)n1. The lowest BCUT2D eigenvalue weighted by atomic mass is 10.3. The van der Waals surface area contributed by atoms with Gasteiger partial charge in [0.1, 0.15) is 11.6 Å². The molecular formula is C13H12F3N3O2. The molecule has 2 N–H and O–H groups in total. The molecule has 1 aromatic carbocycles. The van der Waals surface area contributed by atoms with E-state index in [9.17, 15) is 13.2 Å². The molecule has 2 aromatic rings. The Kier molecular flexibility index (Phi) is 3.88. The van der Waals surface area contributed by atoms with Gasteiger partial charge in [0, 0.05) is 0 Å². The topological polar surface area (TPSA) is 70.3 Å². The standard InChI is InChI=1S/C13H12F3N3O2/c1-7-11(17)18-8(2)19-12(7)20-9-5-3-4-6-10(9)21-13(14,15)16/h3-6H,1-2H3,(H2,17,18,19). The molecule has 5 nitrogen and oxygen atoms in total. The highest BCUT2D eigenvalue weighted by molar-refractivity contribution is 5.48. The van der Waals surface area contributed by atoms with Gasteiger partial charge in [0.05, 0.1) is 5.56 Å². The smallest absolute Gasteiger partial charge is 0.435 e. The number of rotatable bonds is 3. The first-order valence-electron chi connectivity index (χ1n) is 5.89. The van der Waals surface area contributed by atoms with E-state index < -0.39 is 12.1 Å². The Hall–Kier alpha value is -2.51. The number of para-hydroxylation sites is 2. The summed E-state index contributed by atoms with van der Waals surface area (Å²) in [7, 11) is 0. The van der Waals surface area contributed by atoms with Crippen molar-refractivity contribution in [2.24, 2.45) is 0 Å². The Morgan fingerprint density at radius 2 is 1.67 bits per heavy atom. The second kappa shape index (κ2) is 5.47. The molecule has 112 valence electrons. The van der Waals surface area contributed by atoms with Gasteiger partial charge in [-0.2, -0.15) is 4.98 Å². The minimum absolute atomic E-state index is 0.0817. The maximum atomic E-state index is 12.3. The van der Waals surface area contributed by atoms with Crippen molar-refractivity contribution < 1.29 is 22.6 Å². The Morgan fingerprint density at radius 3 is 2.29 bits per heavy atom. The molecule has 0 aliphatic carbocycles. The predicted molar refractivity (Wildman–Crippen MR) is 69.1 cm³/mol. The Morgan fingerprint density at radius 1 is 1.05 bits per heavy atom. The van der Waals surface area contributed by atoms with Gasteiger partial charge in [0.2, 0.25) is 5.88 Å². The van der Waals surface area contributed by atoms with Crippen LogP contribution in [0.15, 0.2) is 24.3 Å². The summed E-state index contributed by atoms with van der Waals surface area (Å²) < 4.78 is 46.3. The fourth-order valence-electron chi connectivity index (χ4n) is 1.57. The molecule has 0 saturated heterocycles. The monoisotopic (exact) mass is 299 g/mol. The second-order valence-corrected chi connectivity index (χ2v) is 4.18. The van der Waals surface area contributed by atoms with E-state index in [1.165, 1.54) is 18.2 Å². The van der Waals surface area contributed by atoms with Gasteiger partial charge in [-0.3, -0.25) is 0 Å². The van der Waals surface area contributed by atoms with Crippen LogP contribution < -0.4 is 15.2 Å². The van der Waals surface area contributed by atoms with Crippen LogP contribution in [0, 0.1) is 13.8 Å². The van der Waals surface area contributed by atoms with Crippen molar-refractivity contribution in [2.45, 2.75) is 20.2 Å². The number of halogens is 3. The molecule has 1 aromatic heterocycles. The van der Waals surface area contributed by atoms with Crippen LogP contribution in [-0.4, -0.2) is 16.3 Å². The summed E-state index contributed by atoms with van der Waals surface area (Å²) in [5, 5.41) is 0. The van der Waals surface area contributed by atoms with Crippen LogP contribution in [0.3, 0.4) is 0 Å². The number of aromatic nitrogens is 2. The molecule has 0 aliphatic heterocycles. The molecule has 0 unspecified atom stereocenters. The number of hydrogen-bond donors (Lipinski definition) is 1. The predicted octanol–water partition coefficient (Wildman–Crippen LogP) is 3.37. The second-order valence-electron chi connectivity index (χ2n) is 4.18. The summed E-state index contributed by atoms with van der Waals surface area (Å²) >= 11 is 0. The highest BCUT2D eigenvalue weighted by Gasteiger charge is 2.32. The molecule has 0 saturated carbocycles. The van der Waals surface area contributed by atoms with Crippen molar-refractivity contribution in [3.63, 3.8) is 0 Å². The van der Waals surface area contributed by atoms with E-state index in [1.54, 1.807) is 13.8 Å². The summed E-state index contributed by atoms with van der Waals surface area (Å²) in [6.07, 6.45) is -4.81. The van der Waals surface area contributed by atoms with E-state index in [-0.39, 0.29) is 17.4 Å². The van der Waals surface area contributed by atoms with E-state index in [0.29, 0.717) is 11.4 Å². The molecule has 0 bridgehead atoms. The van der Waals surface area contributed by atoms with Gasteiger partial charge >= 0.3 is 6.36 Å². The van der Waals surface area contributed by atoms with E-state index in [1.807, 2.05) is 0 Å². The molecule has 1 heterocycles. The van der Waals surface area contributed by atoms with E-state index >= 15 is 0 Å². The van der Waals surface area contributed by atoms with Crippen LogP contribution in [-0.2, 0) is 0 Å². The molecule has 8 heteroatoms. The van der Waals surface area contributed by atoms with E-state index in [0.717, 1.165) is 6.07 Å². The van der Waals surface area contributed by atoms with E-state index in [4.69, 9.17) is 10.5 Å². The van der Waals surface area contributed by atoms with Crippen LogP contribution in [0.25, 0.3) is 0 Å². The molecular weight excluding hydrogens is 287 g/mol. The maximum Gasteiger partial charge on any atom is 0.573 e. The first-order chi connectivity index (χ1) is 9.76. The molecule has 0 radical (unpaired) electrons. The van der Waals surface area contributed by atoms with Gasteiger partial charge in [-0.05, 0) is 26.0 Å². The van der Waals surface area contributed by atoms with Gasteiger partial charge in [0.25, 0.3) is 0 Å². The van der Waals surface area contributed by atoms with Gasteiger partial charge in [-0.1, -0.05) is 12.1 Å². The number of aryl methyl sites for hydroxylation is 1. The number of nitrogens with zero attached hydrogens (tertiary/aromatic N) is 2. The Bertz CT molecular complexity index is 660. The van der Waals surface area contributed by atoms with Crippen molar-refractivity contribution in [3.8, 4) is 17.4 Å². The molecule has 0 amide bonds. The minimum atomic E-state index is -4.81. The molecule has 0 aliphatic rings. The van der Waals surface area contributed by atoms with Crippen molar-refractivity contribution >= 4 is 5.82 Å². The lowest BCUT2D eigenvalue weighted by Crippen LogP contribution is -2.17. The number of anilines is 1. The lowest BCUT2D eigenvalue weighted by Gasteiger charge is -2.14. The van der Waals surface area contributed by atoms with Gasteiger partial charge in [-0.15, -0.1) is 13.2 Å². The van der Waals surface area contributed by atoms with Crippen molar-refractivity contribution in [1.29, 1.82) is 0 Å². The number of alkyl halides is 3. The van der Waals surface area contributed by atoms with Gasteiger partial charge in [-0.25, -0.2) is 4.98 Å². The molecule has 0 spiro atoms. The largest absolute Gasteiger partial charge is 0.573 e. The minimum Gasteiger partial charge on any atom is -0.435 e. The molecule has 0 fully saturated rings. The average Bonchev–Trinajstić information content (AvgIpc) is 2.36. The summed E-state index contributed by atoms with van der Waals surface area (Å²) in [5.74, 6) is 0.0573. The highest BCUT2D eigenvalue weighted by atomic mass is 19.4. The third-order valence-electron chi connectivity index (χ3n) is 2.53. The third-order valence-corrected chi connectivity index (χ3v) is 2.53. The summed E-state index contributed by atoms with van der Waals surface area (Å²) in [4.78, 5) is 7.95. The lowest BCUT2D eigenvalue weighted by molar-refractivity contribution is -0.275. The molecule has 2 rings (SSSR count). The quantitative estimate of drug-likeness (QED) is 0.941. The van der Waals surface area contributed by atoms with Crippen molar-refractivity contribution in [3.05, 3.63) is 35.7 Å². The number of ether oxygens (including phenoxy) is 2. The molecule has 21 heavy (non-hydrogen) atoms. The molecule has 0 atom stereocenters.